The first-order chi connectivity index (χ1) is 30.5. The molecule has 0 rings (SSSR count). The lowest BCUT2D eigenvalue weighted by atomic mass is 10.1. The Morgan fingerprint density at radius 1 is 0.355 bits per heavy atom. The number of hydrogen-bond acceptors (Lipinski definition) is 6. The molecular formula is C56H98O6. The number of rotatable bonds is 47. The summed E-state index contributed by atoms with van der Waals surface area (Å²) in [5.74, 6) is -0.908. The van der Waals surface area contributed by atoms with Crippen molar-refractivity contribution in [2.24, 2.45) is 0 Å². The van der Waals surface area contributed by atoms with Gasteiger partial charge in [0.25, 0.3) is 0 Å². The van der Waals surface area contributed by atoms with Gasteiger partial charge in [0.2, 0.25) is 0 Å². The van der Waals surface area contributed by atoms with Crippen LogP contribution in [0.5, 0.6) is 0 Å². The molecule has 0 saturated heterocycles. The molecule has 0 amide bonds. The maximum atomic E-state index is 12.8. The summed E-state index contributed by atoms with van der Waals surface area (Å²) in [6, 6.07) is 0. The van der Waals surface area contributed by atoms with E-state index < -0.39 is 6.10 Å². The van der Waals surface area contributed by atoms with Crippen LogP contribution in [0.3, 0.4) is 0 Å². The molecule has 62 heavy (non-hydrogen) atoms. The first kappa shape index (κ1) is 59.1. The smallest absolute Gasteiger partial charge is 0.306 e. The van der Waals surface area contributed by atoms with Crippen LogP contribution in [0.4, 0.5) is 0 Å². The first-order valence-electron chi connectivity index (χ1n) is 26.3. The number of ether oxygens (including phenoxy) is 3. The Kier molecular flexibility index (Phi) is 48.4. The van der Waals surface area contributed by atoms with Crippen molar-refractivity contribution in [1.82, 2.24) is 0 Å². The first-order valence-corrected chi connectivity index (χ1v) is 26.3. The Morgan fingerprint density at radius 2 is 0.677 bits per heavy atom. The van der Waals surface area contributed by atoms with Gasteiger partial charge < -0.3 is 14.2 Å². The molecule has 0 aliphatic heterocycles. The fourth-order valence-electron chi connectivity index (χ4n) is 7.33. The van der Waals surface area contributed by atoms with Gasteiger partial charge in [0.15, 0.2) is 6.10 Å². The topological polar surface area (TPSA) is 78.9 Å². The van der Waals surface area contributed by atoms with E-state index in [1.807, 2.05) is 0 Å². The van der Waals surface area contributed by atoms with Crippen molar-refractivity contribution in [2.45, 2.75) is 264 Å². The highest BCUT2D eigenvalue weighted by molar-refractivity contribution is 5.71. The van der Waals surface area contributed by atoms with Gasteiger partial charge in [0, 0.05) is 19.3 Å². The normalized spacial score (nSPS) is 12.5. The molecule has 1 unspecified atom stereocenters. The average Bonchev–Trinajstić information content (AvgIpc) is 3.27. The predicted molar refractivity (Wildman–Crippen MR) is 265 cm³/mol. The summed E-state index contributed by atoms with van der Waals surface area (Å²) < 4.78 is 16.8. The SMILES string of the molecule is CC/C=C\C/C=C\C/C=C\CCCCCCCCC(=O)OC(COC(=O)CCCCCCC/C=C\C=C/CCCCCCCCC)COC(=O)CCCCCCCCCCCC. The van der Waals surface area contributed by atoms with Crippen LogP contribution in [0.15, 0.2) is 60.8 Å². The number of allylic oxidation sites excluding steroid dienone is 10. The van der Waals surface area contributed by atoms with Crippen LogP contribution in [0.1, 0.15) is 258 Å². The Morgan fingerprint density at radius 3 is 1.08 bits per heavy atom. The molecule has 6 heteroatoms. The van der Waals surface area contributed by atoms with Gasteiger partial charge in [-0.1, -0.05) is 223 Å². The minimum atomic E-state index is -0.784. The molecule has 358 valence electrons. The second-order valence-corrected chi connectivity index (χ2v) is 17.4. The number of carbonyl (C=O) groups is 3. The molecule has 0 fully saturated rings. The molecule has 6 nitrogen and oxygen atoms in total. The summed E-state index contributed by atoms with van der Waals surface area (Å²) >= 11 is 0. The van der Waals surface area contributed by atoms with Crippen molar-refractivity contribution < 1.29 is 28.6 Å². The Balaban J connectivity index is 4.38. The van der Waals surface area contributed by atoms with E-state index in [1.165, 1.54) is 109 Å². The second-order valence-electron chi connectivity index (χ2n) is 17.4. The number of unbranched alkanes of at least 4 members (excludes halogenated alkanes) is 27. The quantitative estimate of drug-likeness (QED) is 0.0199. The van der Waals surface area contributed by atoms with Crippen molar-refractivity contribution in [3.63, 3.8) is 0 Å². The van der Waals surface area contributed by atoms with E-state index in [2.05, 4.69) is 81.5 Å². The van der Waals surface area contributed by atoms with Crippen molar-refractivity contribution in [2.75, 3.05) is 13.2 Å². The van der Waals surface area contributed by atoms with Crippen molar-refractivity contribution in [1.29, 1.82) is 0 Å². The van der Waals surface area contributed by atoms with Gasteiger partial charge in [-0.05, 0) is 77.0 Å². The van der Waals surface area contributed by atoms with E-state index in [4.69, 9.17) is 14.2 Å². The number of esters is 3. The Hall–Kier alpha value is -2.89. The van der Waals surface area contributed by atoms with Crippen LogP contribution >= 0.6 is 0 Å². The molecule has 0 aliphatic carbocycles. The Labute approximate surface area is 383 Å². The molecule has 0 spiro atoms. The van der Waals surface area contributed by atoms with Crippen LogP contribution in [0.25, 0.3) is 0 Å². The lowest BCUT2D eigenvalue weighted by Gasteiger charge is -2.18. The molecule has 1 atom stereocenters. The van der Waals surface area contributed by atoms with Gasteiger partial charge in [-0.15, -0.1) is 0 Å². The molecule has 0 aliphatic rings. The monoisotopic (exact) mass is 867 g/mol. The van der Waals surface area contributed by atoms with E-state index >= 15 is 0 Å². The minimum Gasteiger partial charge on any atom is -0.462 e. The average molecular weight is 867 g/mol. The summed E-state index contributed by atoms with van der Waals surface area (Å²) in [5.41, 5.74) is 0. The lowest BCUT2D eigenvalue weighted by molar-refractivity contribution is -0.167. The highest BCUT2D eigenvalue weighted by Gasteiger charge is 2.19. The fourth-order valence-corrected chi connectivity index (χ4v) is 7.33. The molecule has 0 radical (unpaired) electrons. The Bertz CT molecular complexity index is 1130. The summed E-state index contributed by atoms with van der Waals surface area (Å²) in [5, 5.41) is 0. The van der Waals surface area contributed by atoms with E-state index in [0.717, 1.165) is 109 Å². The maximum absolute atomic E-state index is 12.8. The minimum absolute atomic E-state index is 0.0833. The lowest BCUT2D eigenvalue weighted by Crippen LogP contribution is -2.30. The predicted octanol–water partition coefficient (Wildman–Crippen LogP) is 17.3. The molecule has 0 aromatic carbocycles. The van der Waals surface area contributed by atoms with E-state index in [1.54, 1.807) is 0 Å². The molecular weight excluding hydrogens is 769 g/mol. The molecule has 0 saturated carbocycles. The molecule has 0 aromatic rings. The molecule has 0 heterocycles. The largest absolute Gasteiger partial charge is 0.462 e. The zero-order chi connectivity index (χ0) is 45.1. The van der Waals surface area contributed by atoms with Gasteiger partial charge in [-0.3, -0.25) is 14.4 Å². The van der Waals surface area contributed by atoms with Crippen molar-refractivity contribution in [3.05, 3.63) is 60.8 Å². The van der Waals surface area contributed by atoms with Gasteiger partial charge in [-0.2, -0.15) is 0 Å². The van der Waals surface area contributed by atoms with Crippen LogP contribution < -0.4 is 0 Å². The maximum Gasteiger partial charge on any atom is 0.306 e. The number of carbonyl (C=O) groups excluding carboxylic acids is 3. The second kappa shape index (κ2) is 50.8. The molecule has 0 N–H and O–H groups in total. The summed E-state index contributed by atoms with van der Waals surface area (Å²) in [7, 11) is 0. The van der Waals surface area contributed by atoms with Crippen LogP contribution in [-0.2, 0) is 28.6 Å². The third kappa shape index (κ3) is 48.1. The standard InChI is InChI=1S/C56H98O6/c1-4-7-10-13-16-19-22-24-26-28-29-31-32-34-37-40-43-46-49-55(58)61-52-53(51-60-54(57)48-45-42-39-36-21-18-15-12-9-6-3)62-56(59)50-47-44-41-38-35-33-30-27-25-23-20-17-14-11-8-5-2/h8,11,17,20,25-29,31,53H,4-7,9-10,12-16,18-19,21-24,30,32-52H2,1-3H3/b11-8-,20-17-,27-25-,28-26-,31-29-. The number of hydrogen-bond donors (Lipinski definition) is 0. The third-order valence-corrected chi connectivity index (χ3v) is 11.3. The van der Waals surface area contributed by atoms with E-state index in [-0.39, 0.29) is 31.1 Å². The van der Waals surface area contributed by atoms with Gasteiger partial charge in [-0.25, -0.2) is 0 Å². The van der Waals surface area contributed by atoms with Gasteiger partial charge >= 0.3 is 17.9 Å². The van der Waals surface area contributed by atoms with Crippen LogP contribution in [0.2, 0.25) is 0 Å². The van der Waals surface area contributed by atoms with Gasteiger partial charge in [0.1, 0.15) is 13.2 Å². The van der Waals surface area contributed by atoms with E-state index in [0.29, 0.717) is 19.3 Å². The van der Waals surface area contributed by atoms with E-state index in [9.17, 15) is 14.4 Å². The highest BCUT2D eigenvalue weighted by atomic mass is 16.6. The highest BCUT2D eigenvalue weighted by Crippen LogP contribution is 2.14. The zero-order valence-electron chi connectivity index (χ0n) is 40.9. The summed E-state index contributed by atoms with van der Waals surface area (Å²) in [4.78, 5) is 37.9. The molecule has 0 aromatic heterocycles. The zero-order valence-corrected chi connectivity index (χ0v) is 40.9. The van der Waals surface area contributed by atoms with Crippen molar-refractivity contribution in [3.8, 4) is 0 Å². The molecule has 0 bridgehead atoms. The van der Waals surface area contributed by atoms with Crippen LogP contribution in [-0.4, -0.2) is 37.2 Å². The van der Waals surface area contributed by atoms with Crippen LogP contribution in [0, 0.1) is 0 Å². The third-order valence-electron chi connectivity index (χ3n) is 11.3. The summed E-state index contributed by atoms with van der Waals surface area (Å²) in [6.07, 6.45) is 62.0. The fraction of sp³-hybridized carbons (Fsp3) is 0.768. The van der Waals surface area contributed by atoms with Crippen molar-refractivity contribution >= 4 is 17.9 Å². The summed E-state index contributed by atoms with van der Waals surface area (Å²) in [6.45, 7) is 6.49. The van der Waals surface area contributed by atoms with Gasteiger partial charge in [0.05, 0.1) is 0 Å².